The van der Waals surface area contributed by atoms with E-state index in [1.165, 1.54) is 6.08 Å². The van der Waals surface area contributed by atoms with Crippen LogP contribution in [-0.2, 0) is 14.3 Å². The van der Waals surface area contributed by atoms with Crippen molar-refractivity contribution in [3.63, 3.8) is 0 Å². The molecule has 4 heteroatoms. The van der Waals surface area contributed by atoms with Crippen LogP contribution in [0.25, 0.3) is 0 Å². The molecule has 72 valence electrons. The lowest BCUT2D eigenvalue weighted by molar-refractivity contribution is -0.148. The summed E-state index contributed by atoms with van der Waals surface area (Å²) in [5.74, 6) is -0.613. The molecule has 0 saturated heterocycles. The van der Waals surface area contributed by atoms with Crippen molar-refractivity contribution in [1.82, 2.24) is 0 Å². The molecule has 0 fully saturated rings. The molecule has 1 aliphatic rings. The average Bonchev–Trinajstić information content (AvgIpc) is 2.45. The minimum absolute atomic E-state index is 0.227. The third kappa shape index (κ3) is 1.91. The van der Waals surface area contributed by atoms with Crippen molar-refractivity contribution in [3.8, 4) is 0 Å². The van der Waals surface area contributed by atoms with Gasteiger partial charge in [0.2, 0.25) is 0 Å². The normalized spacial score (nSPS) is 31.2. The van der Waals surface area contributed by atoms with E-state index in [0.717, 1.165) is 0 Å². The third-order valence-corrected chi connectivity index (χ3v) is 2.86. The molecule has 0 saturated carbocycles. The van der Waals surface area contributed by atoms with Crippen LogP contribution < -0.4 is 0 Å². The Morgan fingerprint density at radius 2 is 2.31 bits per heavy atom. The van der Waals surface area contributed by atoms with Crippen LogP contribution in [0.3, 0.4) is 0 Å². The van der Waals surface area contributed by atoms with Gasteiger partial charge in [0, 0.05) is 12.0 Å². The quantitative estimate of drug-likeness (QED) is 0.394. The first kappa shape index (κ1) is 10.3. The summed E-state index contributed by atoms with van der Waals surface area (Å²) in [7, 11) is 0. The van der Waals surface area contributed by atoms with Gasteiger partial charge in [0.05, 0.1) is 5.38 Å². The number of alkyl halides is 1. The van der Waals surface area contributed by atoms with Gasteiger partial charge in [-0.2, -0.15) is 0 Å². The summed E-state index contributed by atoms with van der Waals surface area (Å²) in [4.78, 5) is 21.3. The molecule has 0 bridgehead atoms. The van der Waals surface area contributed by atoms with Gasteiger partial charge in [-0.05, 0) is 13.0 Å². The van der Waals surface area contributed by atoms with Gasteiger partial charge >= 0.3 is 5.97 Å². The van der Waals surface area contributed by atoms with E-state index in [0.29, 0.717) is 6.29 Å². The minimum atomic E-state index is -0.746. The van der Waals surface area contributed by atoms with Crippen molar-refractivity contribution < 1.29 is 14.3 Å². The van der Waals surface area contributed by atoms with Crippen molar-refractivity contribution in [3.05, 3.63) is 12.2 Å². The lowest BCUT2D eigenvalue weighted by Crippen LogP contribution is -2.38. The number of aldehydes is 1. The van der Waals surface area contributed by atoms with E-state index in [1.54, 1.807) is 19.9 Å². The number of carbonyl (C=O) groups is 2. The summed E-state index contributed by atoms with van der Waals surface area (Å²) in [6.07, 6.45) is 3.64. The van der Waals surface area contributed by atoms with Crippen LogP contribution in [0, 0.1) is 5.92 Å². The fraction of sp³-hybridized carbons (Fsp3) is 0.556. The summed E-state index contributed by atoms with van der Waals surface area (Å²) in [5, 5.41) is -0.638. The molecule has 0 amide bonds. The second-order valence-corrected chi connectivity index (χ2v) is 3.81. The van der Waals surface area contributed by atoms with E-state index in [2.05, 4.69) is 0 Å². The maximum Gasteiger partial charge on any atom is 0.331 e. The molecule has 0 aliphatic carbocycles. The molecule has 3 atom stereocenters. The molecule has 0 aromatic carbocycles. The van der Waals surface area contributed by atoms with Gasteiger partial charge in [0.15, 0.2) is 0 Å². The van der Waals surface area contributed by atoms with E-state index < -0.39 is 11.0 Å². The highest BCUT2D eigenvalue weighted by Gasteiger charge is 2.39. The standard InChI is InChI=1S/C9H11ClO3/c1-6(7(10)5-11)9(2)4-3-8(12)13-9/h3-7H,1-2H3/t6-,7+,9-/m1/s1. The molecule has 0 aromatic heterocycles. The van der Waals surface area contributed by atoms with Crippen LogP contribution in [0.1, 0.15) is 13.8 Å². The number of rotatable bonds is 3. The van der Waals surface area contributed by atoms with Gasteiger partial charge in [-0.3, -0.25) is 0 Å². The van der Waals surface area contributed by atoms with E-state index in [4.69, 9.17) is 16.3 Å². The molecule has 1 heterocycles. The average molecular weight is 203 g/mol. The molecule has 0 N–H and O–H groups in total. The highest BCUT2D eigenvalue weighted by molar-refractivity contribution is 6.27. The Bertz CT molecular complexity index is 262. The number of esters is 1. The van der Waals surface area contributed by atoms with Crippen LogP contribution in [0.4, 0.5) is 0 Å². The Hall–Kier alpha value is -0.830. The van der Waals surface area contributed by atoms with Gasteiger partial charge < -0.3 is 9.53 Å². The molecule has 1 rings (SSSR count). The van der Waals surface area contributed by atoms with Gasteiger partial charge in [-0.1, -0.05) is 6.92 Å². The molecule has 13 heavy (non-hydrogen) atoms. The highest BCUT2D eigenvalue weighted by Crippen LogP contribution is 2.31. The number of halogens is 1. The predicted molar refractivity (Wildman–Crippen MR) is 48.5 cm³/mol. The fourth-order valence-corrected chi connectivity index (χ4v) is 1.45. The summed E-state index contributed by atoms with van der Waals surface area (Å²) >= 11 is 5.74. The topological polar surface area (TPSA) is 43.4 Å². The van der Waals surface area contributed by atoms with Gasteiger partial charge in [-0.25, -0.2) is 4.79 Å². The van der Waals surface area contributed by atoms with E-state index >= 15 is 0 Å². The smallest absolute Gasteiger partial charge is 0.331 e. The van der Waals surface area contributed by atoms with Crippen molar-refractivity contribution in [2.45, 2.75) is 24.8 Å². The van der Waals surface area contributed by atoms with Crippen molar-refractivity contribution in [1.29, 1.82) is 0 Å². The Balaban J connectivity index is 2.76. The molecule has 0 aromatic rings. The lowest BCUT2D eigenvalue weighted by Gasteiger charge is -2.29. The lowest BCUT2D eigenvalue weighted by atomic mass is 9.88. The number of ether oxygens (including phenoxy) is 1. The molecule has 3 nitrogen and oxygen atoms in total. The van der Waals surface area contributed by atoms with Crippen LogP contribution >= 0.6 is 11.6 Å². The zero-order valence-electron chi connectivity index (χ0n) is 7.49. The van der Waals surface area contributed by atoms with Crippen LogP contribution in [0.5, 0.6) is 0 Å². The van der Waals surface area contributed by atoms with Gasteiger partial charge in [-0.15, -0.1) is 11.6 Å². The fourth-order valence-electron chi connectivity index (χ4n) is 1.20. The van der Waals surface area contributed by atoms with E-state index in [-0.39, 0.29) is 11.9 Å². The first-order chi connectivity index (χ1) is 5.99. The zero-order chi connectivity index (χ0) is 10.1. The predicted octanol–water partition coefficient (Wildman–Crippen LogP) is 1.30. The van der Waals surface area contributed by atoms with Crippen molar-refractivity contribution in [2.24, 2.45) is 5.92 Å². The van der Waals surface area contributed by atoms with Crippen LogP contribution in [-0.4, -0.2) is 23.2 Å². The van der Waals surface area contributed by atoms with Gasteiger partial charge in [0.1, 0.15) is 11.9 Å². The van der Waals surface area contributed by atoms with Crippen LogP contribution in [0.2, 0.25) is 0 Å². The molecular weight excluding hydrogens is 192 g/mol. The number of hydrogen-bond acceptors (Lipinski definition) is 3. The van der Waals surface area contributed by atoms with Crippen LogP contribution in [0.15, 0.2) is 12.2 Å². The Kier molecular flexibility index (Phi) is 2.76. The summed E-state index contributed by atoms with van der Waals surface area (Å²) < 4.78 is 5.04. The molecule has 0 unspecified atom stereocenters. The Morgan fingerprint density at radius 1 is 1.69 bits per heavy atom. The molecule has 1 aliphatic heterocycles. The van der Waals surface area contributed by atoms with E-state index in [9.17, 15) is 9.59 Å². The Morgan fingerprint density at radius 3 is 2.69 bits per heavy atom. The van der Waals surface area contributed by atoms with Crippen molar-refractivity contribution in [2.75, 3.05) is 0 Å². The molecular formula is C9H11ClO3. The second-order valence-electron chi connectivity index (χ2n) is 3.31. The summed E-state index contributed by atoms with van der Waals surface area (Å²) in [6.45, 7) is 3.51. The monoisotopic (exact) mass is 202 g/mol. The van der Waals surface area contributed by atoms with Gasteiger partial charge in [0.25, 0.3) is 0 Å². The highest BCUT2D eigenvalue weighted by atomic mass is 35.5. The first-order valence-corrected chi connectivity index (χ1v) is 4.45. The molecule has 0 spiro atoms. The largest absolute Gasteiger partial charge is 0.452 e. The maximum atomic E-state index is 10.8. The third-order valence-electron chi connectivity index (χ3n) is 2.38. The SMILES string of the molecule is C[C@H]([C@@H](Cl)C=O)[C@@]1(C)C=CC(=O)O1. The second kappa shape index (κ2) is 3.50. The maximum absolute atomic E-state index is 10.8. The molecule has 0 radical (unpaired) electrons. The number of carbonyl (C=O) groups excluding carboxylic acids is 2. The first-order valence-electron chi connectivity index (χ1n) is 4.01. The van der Waals surface area contributed by atoms with Crippen molar-refractivity contribution >= 4 is 23.9 Å². The minimum Gasteiger partial charge on any atom is -0.452 e. The summed E-state index contributed by atoms with van der Waals surface area (Å²) in [5.41, 5.74) is -0.746. The number of cyclic esters (lactones) is 1. The van der Waals surface area contributed by atoms with E-state index in [1.807, 2.05) is 0 Å². The summed E-state index contributed by atoms with van der Waals surface area (Å²) in [6, 6.07) is 0. The zero-order valence-corrected chi connectivity index (χ0v) is 8.25. The Labute approximate surface area is 81.7 Å². The number of hydrogen-bond donors (Lipinski definition) is 0.